The van der Waals surface area contributed by atoms with Gasteiger partial charge in [0.2, 0.25) is 0 Å². The molecular weight excluding hydrogens is 941 g/mol. The van der Waals surface area contributed by atoms with Crippen LogP contribution in [-0.4, -0.2) is 153 Å². The molecule has 8 heterocycles. The first-order valence-electron chi connectivity index (χ1n) is 18.3. The zero-order valence-corrected chi connectivity index (χ0v) is 37.2. The minimum absolute atomic E-state index is 0.0530. The van der Waals surface area contributed by atoms with Crippen LogP contribution in [0.3, 0.4) is 0 Å². The van der Waals surface area contributed by atoms with Crippen LogP contribution in [0, 0.1) is 0 Å². The molecule has 8 aromatic heterocycles. The van der Waals surface area contributed by atoms with Gasteiger partial charge in [-0.15, -0.1) is 0 Å². The Labute approximate surface area is 389 Å². The van der Waals surface area contributed by atoms with Gasteiger partial charge in [-0.3, -0.25) is 19.2 Å². The van der Waals surface area contributed by atoms with E-state index in [1.54, 1.807) is 138 Å². The van der Waals surface area contributed by atoms with Gasteiger partial charge in [0.1, 0.15) is 0 Å². The Morgan fingerprint density at radius 2 is 0.773 bits per heavy atom. The minimum Gasteiger partial charge on any atom is -0.493 e. The summed E-state index contributed by atoms with van der Waals surface area (Å²) in [5.74, 6) is -0.785. The van der Waals surface area contributed by atoms with Crippen molar-refractivity contribution in [3.8, 4) is 29.0 Å². The molecule has 4 N–H and O–H groups in total. The maximum absolute atomic E-state index is 10.5. The van der Waals surface area contributed by atoms with Gasteiger partial charge in [0.25, 0.3) is 0 Å². The summed E-state index contributed by atoms with van der Waals surface area (Å²) in [5.41, 5.74) is 0. The fourth-order valence-electron chi connectivity index (χ4n) is 4.37. The highest BCUT2D eigenvalue weighted by molar-refractivity contribution is 8.00. The monoisotopic (exact) mass is 974 g/mol. The fourth-order valence-corrected chi connectivity index (χ4v) is 6.56. The SMILES string of the molecule is COc1cnn(-c2ccnc(SCC(=O)O)n2)c1.O=C(O)CSc1nccc(-n2cccn2)n1.O=C(O)CSc1nccc(-n2cccn2)n1.O=C(O)CSc1nccc(-n2cccn2)n1. The van der Waals surface area contributed by atoms with E-state index in [1.807, 2.05) is 0 Å². The molecule has 340 valence electrons. The van der Waals surface area contributed by atoms with Crippen LogP contribution < -0.4 is 4.74 Å². The van der Waals surface area contributed by atoms with Crippen molar-refractivity contribution in [2.24, 2.45) is 0 Å². The average molecular weight is 975 g/mol. The number of aliphatic carboxylic acids is 4. The van der Waals surface area contributed by atoms with Crippen molar-refractivity contribution in [1.82, 2.24) is 79.0 Å². The lowest BCUT2D eigenvalue weighted by atomic mass is 10.6. The van der Waals surface area contributed by atoms with Crippen LogP contribution >= 0.6 is 47.0 Å². The van der Waals surface area contributed by atoms with Gasteiger partial charge >= 0.3 is 23.9 Å². The zero-order valence-electron chi connectivity index (χ0n) is 33.9. The molecule has 0 radical (unpaired) electrons. The van der Waals surface area contributed by atoms with Gasteiger partial charge in [-0.25, -0.2) is 58.6 Å². The zero-order chi connectivity index (χ0) is 47.1. The average Bonchev–Trinajstić information content (AvgIpc) is 4.19. The lowest BCUT2D eigenvalue weighted by Crippen LogP contribution is -2.02. The van der Waals surface area contributed by atoms with Crippen LogP contribution in [0.25, 0.3) is 23.3 Å². The molecule has 0 saturated carbocycles. The van der Waals surface area contributed by atoms with E-state index in [0.29, 0.717) is 49.6 Å². The number of carboxylic acid groups (broad SMARTS) is 4. The first kappa shape index (κ1) is 49.3. The molecule has 0 atom stereocenters. The number of thioether (sulfide) groups is 4. The first-order valence-corrected chi connectivity index (χ1v) is 22.2. The second-order valence-electron chi connectivity index (χ2n) is 11.7. The molecule has 0 aliphatic carbocycles. The van der Waals surface area contributed by atoms with Gasteiger partial charge in [-0.1, -0.05) is 47.0 Å². The molecule has 0 saturated heterocycles. The van der Waals surface area contributed by atoms with E-state index in [9.17, 15) is 19.2 Å². The number of aromatic nitrogens is 16. The highest BCUT2D eigenvalue weighted by Crippen LogP contribution is 2.17. The Hall–Kier alpha value is -7.76. The van der Waals surface area contributed by atoms with Crippen LogP contribution in [0.2, 0.25) is 0 Å². The molecular formula is C37H34N16O9S4. The third kappa shape index (κ3) is 17.1. The van der Waals surface area contributed by atoms with E-state index >= 15 is 0 Å². The highest BCUT2D eigenvalue weighted by Gasteiger charge is 2.09. The predicted molar refractivity (Wildman–Crippen MR) is 237 cm³/mol. The maximum atomic E-state index is 10.5. The van der Waals surface area contributed by atoms with Gasteiger partial charge < -0.3 is 25.2 Å². The molecule has 29 heteroatoms. The molecule has 8 aromatic rings. The summed E-state index contributed by atoms with van der Waals surface area (Å²) in [6, 6.07) is 12.1. The Balaban J connectivity index is 0.000000165. The number of rotatable bonds is 17. The van der Waals surface area contributed by atoms with Gasteiger partial charge in [0.15, 0.2) is 49.6 Å². The summed E-state index contributed by atoms with van der Waals surface area (Å²) in [4.78, 5) is 74.2. The summed E-state index contributed by atoms with van der Waals surface area (Å²) >= 11 is 4.29. The third-order valence-electron chi connectivity index (χ3n) is 7.02. The number of ether oxygens (including phenoxy) is 1. The van der Waals surface area contributed by atoms with Crippen molar-refractivity contribution in [1.29, 1.82) is 0 Å². The Morgan fingerprint density at radius 3 is 1.02 bits per heavy atom. The van der Waals surface area contributed by atoms with Crippen molar-refractivity contribution in [2.75, 3.05) is 30.1 Å². The summed E-state index contributed by atoms with van der Waals surface area (Å²) in [6.07, 6.45) is 19.7. The van der Waals surface area contributed by atoms with Gasteiger partial charge in [0, 0.05) is 86.2 Å². The predicted octanol–water partition coefficient (Wildman–Crippen LogP) is 3.36. The Bertz CT molecular complexity index is 2550. The molecule has 0 aliphatic rings. The van der Waals surface area contributed by atoms with Crippen molar-refractivity contribution in [3.05, 3.63) is 117 Å². The lowest BCUT2D eigenvalue weighted by molar-refractivity contribution is -0.134. The summed E-state index contributed by atoms with van der Waals surface area (Å²) in [7, 11) is 1.55. The molecule has 0 bridgehead atoms. The molecule has 0 unspecified atom stereocenters. The van der Waals surface area contributed by atoms with E-state index in [4.69, 9.17) is 25.2 Å². The molecule has 0 amide bonds. The topological polar surface area (TPSA) is 333 Å². The van der Waals surface area contributed by atoms with Crippen molar-refractivity contribution < 1.29 is 44.3 Å². The number of nitrogens with zero attached hydrogens (tertiary/aromatic N) is 16. The van der Waals surface area contributed by atoms with Crippen molar-refractivity contribution in [2.45, 2.75) is 20.6 Å². The van der Waals surface area contributed by atoms with E-state index in [-0.39, 0.29) is 23.0 Å². The molecule has 25 nitrogen and oxygen atoms in total. The van der Waals surface area contributed by atoms with Crippen LogP contribution in [0.4, 0.5) is 0 Å². The summed E-state index contributed by atoms with van der Waals surface area (Å²) in [5, 5.41) is 52.0. The quantitative estimate of drug-likeness (QED) is 0.0750. The third-order valence-corrected chi connectivity index (χ3v) is 10.4. The second-order valence-corrected chi connectivity index (χ2v) is 15.5. The minimum atomic E-state index is -0.908. The lowest BCUT2D eigenvalue weighted by Gasteiger charge is -2.01. The Morgan fingerprint density at radius 1 is 0.470 bits per heavy atom. The van der Waals surface area contributed by atoms with Gasteiger partial charge in [-0.05, 0) is 18.2 Å². The molecule has 66 heavy (non-hydrogen) atoms. The smallest absolute Gasteiger partial charge is 0.313 e. The van der Waals surface area contributed by atoms with Gasteiger partial charge in [0.05, 0.1) is 42.5 Å². The van der Waals surface area contributed by atoms with E-state index < -0.39 is 23.9 Å². The number of carbonyl (C=O) groups is 4. The molecule has 0 fully saturated rings. The molecule has 0 aromatic carbocycles. The molecule has 8 rings (SSSR count). The summed E-state index contributed by atoms with van der Waals surface area (Å²) < 4.78 is 11.3. The van der Waals surface area contributed by atoms with Crippen LogP contribution in [0.1, 0.15) is 0 Å². The highest BCUT2D eigenvalue weighted by atomic mass is 32.2. The summed E-state index contributed by atoms with van der Waals surface area (Å²) in [6.45, 7) is 0. The largest absolute Gasteiger partial charge is 0.493 e. The number of methoxy groups -OCH3 is 1. The molecule has 0 spiro atoms. The van der Waals surface area contributed by atoms with E-state index in [1.165, 1.54) is 4.68 Å². The molecule has 0 aliphatic heterocycles. The van der Waals surface area contributed by atoms with Crippen LogP contribution in [0.5, 0.6) is 5.75 Å². The number of hydrogen-bond donors (Lipinski definition) is 4. The van der Waals surface area contributed by atoms with Gasteiger partial charge in [-0.2, -0.15) is 20.4 Å². The second kappa shape index (κ2) is 26.1. The Kier molecular flexibility index (Phi) is 19.5. The number of hydrogen-bond acceptors (Lipinski definition) is 21. The normalized spacial score (nSPS) is 10.3. The maximum Gasteiger partial charge on any atom is 0.313 e. The van der Waals surface area contributed by atoms with Crippen molar-refractivity contribution in [3.63, 3.8) is 0 Å². The number of carboxylic acids is 4. The van der Waals surface area contributed by atoms with E-state index in [2.05, 4.69) is 60.3 Å². The van der Waals surface area contributed by atoms with E-state index in [0.717, 1.165) is 47.0 Å². The van der Waals surface area contributed by atoms with Crippen LogP contribution in [-0.2, 0) is 19.2 Å². The standard InChI is InChI=1S/C10H10N4O3S.3C9H8N4O2S/c1-17-7-4-12-14(5-7)8-2-3-11-10(13-8)18-6-9(15)16;3*14-8(15)6-16-9-10-4-2-7(12-9)13-5-1-3-11-13/h2-5H,6H2,1H3,(H,15,16);3*1-5H,6H2,(H,14,15). The fraction of sp³-hybridized carbons (Fsp3) is 0.135. The first-order chi connectivity index (χ1) is 31.9. The van der Waals surface area contributed by atoms with Crippen molar-refractivity contribution >= 4 is 70.9 Å². The van der Waals surface area contributed by atoms with Crippen LogP contribution in [0.15, 0.2) is 137 Å².